The van der Waals surface area contributed by atoms with Gasteiger partial charge in [0.15, 0.2) is 0 Å². The van der Waals surface area contributed by atoms with Gasteiger partial charge in [-0.05, 0) is 44.4 Å². The molecule has 0 N–H and O–H groups in total. The fourth-order valence-corrected chi connectivity index (χ4v) is 3.01. The molecule has 2 saturated carbocycles. The van der Waals surface area contributed by atoms with Gasteiger partial charge >= 0.3 is 5.97 Å². The first-order valence-corrected chi connectivity index (χ1v) is 5.36. The Balaban J connectivity index is 2.01. The molecule has 2 rings (SSSR count). The summed E-state index contributed by atoms with van der Waals surface area (Å²) in [6, 6.07) is 0. The van der Waals surface area contributed by atoms with Crippen molar-refractivity contribution in [1.82, 2.24) is 0 Å². The number of esters is 1. The molecular formula is C11H18O2. The van der Waals surface area contributed by atoms with Crippen LogP contribution >= 0.6 is 0 Å². The topological polar surface area (TPSA) is 26.3 Å². The van der Waals surface area contributed by atoms with E-state index in [-0.39, 0.29) is 11.6 Å². The Kier molecular flexibility index (Phi) is 2.09. The quantitative estimate of drug-likeness (QED) is 0.613. The first-order valence-electron chi connectivity index (χ1n) is 5.36. The third kappa shape index (κ3) is 1.47. The smallest absolute Gasteiger partial charge is 0.306 e. The number of hydrogen-bond donors (Lipinski definition) is 0. The number of rotatable bonds is 2. The molecule has 2 aliphatic rings. The Morgan fingerprint density at radius 3 is 2.77 bits per heavy atom. The second-order valence-electron chi connectivity index (χ2n) is 4.72. The van der Waals surface area contributed by atoms with Crippen molar-refractivity contribution in [2.75, 3.05) is 0 Å². The lowest BCUT2D eigenvalue weighted by Gasteiger charge is -2.33. The Labute approximate surface area is 79.7 Å². The van der Waals surface area contributed by atoms with Crippen LogP contribution in [0.2, 0.25) is 0 Å². The molecule has 13 heavy (non-hydrogen) atoms. The summed E-state index contributed by atoms with van der Waals surface area (Å²) in [6.07, 6.45) is 5.51. The zero-order chi connectivity index (χ0) is 9.47. The van der Waals surface area contributed by atoms with Gasteiger partial charge in [-0.2, -0.15) is 0 Å². The summed E-state index contributed by atoms with van der Waals surface area (Å²) in [7, 11) is 0. The van der Waals surface area contributed by atoms with Gasteiger partial charge in [-0.15, -0.1) is 0 Å². The standard InChI is InChI=1S/C11H18O2/c1-3-10(12)13-11(2)7-8-4-5-9(11)6-8/h8-9H,3-7H2,1-2H3. The van der Waals surface area contributed by atoms with Gasteiger partial charge in [0.25, 0.3) is 0 Å². The van der Waals surface area contributed by atoms with Crippen LogP contribution in [0.1, 0.15) is 46.0 Å². The molecule has 2 aliphatic carbocycles. The molecule has 0 aliphatic heterocycles. The molecule has 2 bridgehead atoms. The van der Waals surface area contributed by atoms with Crippen LogP contribution in [0.3, 0.4) is 0 Å². The molecule has 74 valence electrons. The summed E-state index contributed by atoms with van der Waals surface area (Å²) in [6.45, 7) is 3.98. The normalized spacial score (nSPS) is 42.3. The van der Waals surface area contributed by atoms with E-state index in [1.54, 1.807) is 0 Å². The van der Waals surface area contributed by atoms with E-state index in [1.165, 1.54) is 19.3 Å². The Morgan fingerprint density at radius 2 is 2.31 bits per heavy atom. The minimum absolute atomic E-state index is 0.0324. The lowest BCUT2D eigenvalue weighted by molar-refractivity contribution is -0.162. The highest BCUT2D eigenvalue weighted by Crippen LogP contribution is 2.52. The molecule has 2 heteroatoms. The third-order valence-electron chi connectivity index (χ3n) is 3.73. The first kappa shape index (κ1) is 9.04. The van der Waals surface area contributed by atoms with Crippen molar-refractivity contribution in [3.05, 3.63) is 0 Å². The average molecular weight is 182 g/mol. The summed E-state index contributed by atoms with van der Waals surface area (Å²) < 4.78 is 5.54. The summed E-state index contributed by atoms with van der Waals surface area (Å²) in [5.74, 6) is 1.45. The van der Waals surface area contributed by atoms with Crippen molar-refractivity contribution in [2.45, 2.75) is 51.6 Å². The molecule has 2 fully saturated rings. The molecule has 0 heterocycles. The maximum atomic E-state index is 11.2. The van der Waals surface area contributed by atoms with Crippen LogP contribution in [0, 0.1) is 11.8 Å². The van der Waals surface area contributed by atoms with Crippen LogP contribution in [0.5, 0.6) is 0 Å². The van der Waals surface area contributed by atoms with Crippen molar-refractivity contribution >= 4 is 5.97 Å². The van der Waals surface area contributed by atoms with Crippen molar-refractivity contribution < 1.29 is 9.53 Å². The fourth-order valence-electron chi connectivity index (χ4n) is 3.01. The van der Waals surface area contributed by atoms with Crippen molar-refractivity contribution in [3.8, 4) is 0 Å². The number of carbonyl (C=O) groups excluding carboxylic acids is 1. The first-order chi connectivity index (χ1) is 6.14. The molecule has 0 aromatic rings. The van der Waals surface area contributed by atoms with Gasteiger partial charge in [-0.3, -0.25) is 4.79 Å². The van der Waals surface area contributed by atoms with E-state index >= 15 is 0 Å². The summed E-state index contributed by atoms with van der Waals surface area (Å²) in [5.41, 5.74) is -0.115. The van der Waals surface area contributed by atoms with Crippen LogP contribution in [0.15, 0.2) is 0 Å². The number of ether oxygens (including phenoxy) is 1. The maximum Gasteiger partial charge on any atom is 0.306 e. The van der Waals surface area contributed by atoms with Crippen LogP contribution in [-0.4, -0.2) is 11.6 Å². The second-order valence-corrected chi connectivity index (χ2v) is 4.72. The molecule has 0 aromatic heterocycles. The lowest BCUT2D eigenvalue weighted by atomic mass is 9.86. The predicted octanol–water partition coefficient (Wildman–Crippen LogP) is 2.52. The van der Waals surface area contributed by atoms with Gasteiger partial charge in [-0.25, -0.2) is 0 Å². The average Bonchev–Trinajstić information content (AvgIpc) is 2.62. The van der Waals surface area contributed by atoms with Crippen LogP contribution in [0.4, 0.5) is 0 Å². The molecule has 0 amide bonds. The lowest BCUT2D eigenvalue weighted by Crippen LogP contribution is -2.37. The molecule has 0 spiro atoms. The molecule has 0 aromatic carbocycles. The summed E-state index contributed by atoms with van der Waals surface area (Å²) in [5, 5.41) is 0. The Bertz CT molecular complexity index is 224. The van der Waals surface area contributed by atoms with Crippen molar-refractivity contribution in [2.24, 2.45) is 11.8 Å². The highest BCUT2D eigenvalue weighted by atomic mass is 16.6. The third-order valence-corrected chi connectivity index (χ3v) is 3.73. The molecule has 2 nitrogen and oxygen atoms in total. The van der Waals surface area contributed by atoms with Gasteiger partial charge < -0.3 is 4.74 Å². The van der Waals surface area contributed by atoms with E-state index in [2.05, 4.69) is 6.92 Å². The van der Waals surface area contributed by atoms with Gasteiger partial charge in [0.1, 0.15) is 5.60 Å². The minimum Gasteiger partial charge on any atom is -0.459 e. The summed E-state index contributed by atoms with van der Waals surface area (Å²) in [4.78, 5) is 11.2. The summed E-state index contributed by atoms with van der Waals surface area (Å²) >= 11 is 0. The van der Waals surface area contributed by atoms with Crippen LogP contribution in [-0.2, 0) is 9.53 Å². The Morgan fingerprint density at radius 1 is 1.54 bits per heavy atom. The van der Waals surface area contributed by atoms with E-state index < -0.39 is 0 Å². The zero-order valence-electron chi connectivity index (χ0n) is 8.51. The van der Waals surface area contributed by atoms with E-state index in [4.69, 9.17) is 4.74 Å². The predicted molar refractivity (Wildman–Crippen MR) is 50.2 cm³/mol. The molecule has 3 atom stereocenters. The fraction of sp³-hybridized carbons (Fsp3) is 0.909. The van der Waals surface area contributed by atoms with E-state index in [9.17, 15) is 4.79 Å². The molecule has 0 saturated heterocycles. The van der Waals surface area contributed by atoms with Gasteiger partial charge in [0.05, 0.1) is 0 Å². The Hall–Kier alpha value is -0.530. The van der Waals surface area contributed by atoms with E-state index in [0.29, 0.717) is 12.3 Å². The minimum atomic E-state index is -0.115. The maximum absolute atomic E-state index is 11.2. The zero-order valence-corrected chi connectivity index (χ0v) is 8.51. The van der Waals surface area contributed by atoms with Crippen LogP contribution in [0.25, 0.3) is 0 Å². The number of hydrogen-bond acceptors (Lipinski definition) is 2. The number of fused-ring (bicyclic) bond motifs is 2. The molecule has 0 radical (unpaired) electrons. The molecular weight excluding hydrogens is 164 g/mol. The monoisotopic (exact) mass is 182 g/mol. The van der Waals surface area contributed by atoms with Gasteiger partial charge in [0, 0.05) is 6.42 Å². The van der Waals surface area contributed by atoms with Gasteiger partial charge in [-0.1, -0.05) is 6.92 Å². The highest BCUT2D eigenvalue weighted by molar-refractivity contribution is 5.69. The second kappa shape index (κ2) is 3.00. The highest BCUT2D eigenvalue weighted by Gasteiger charge is 2.50. The molecule has 3 unspecified atom stereocenters. The van der Waals surface area contributed by atoms with E-state index in [0.717, 1.165) is 12.3 Å². The number of carbonyl (C=O) groups is 1. The van der Waals surface area contributed by atoms with Gasteiger partial charge in [0.2, 0.25) is 0 Å². The van der Waals surface area contributed by atoms with Crippen LogP contribution < -0.4 is 0 Å². The SMILES string of the molecule is CCC(=O)OC1(C)CC2CCC1C2. The largest absolute Gasteiger partial charge is 0.459 e. The van der Waals surface area contributed by atoms with E-state index in [1.807, 2.05) is 6.92 Å². The van der Waals surface area contributed by atoms with Crippen molar-refractivity contribution in [1.29, 1.82) is 0 Å². The van der Waals surface area contributed by atoms with Crippen molar-refractivity contribution in [3.63, 3.8) is 0 Å².